The molecule has 6 heteroatoms. The molecule has 2 saturated heterocycles. The van der Waals surface area contributed by atoms with E-state index in [0.29, 0.717) is 12.6 Å². The molecule has 1 aromatic rings. The van der Waals surface area contributed by atoms with E-state index in [0.717, 1.165) is 25.6 Å². The number of halogens is 2. The van der Waals surface area contributed by atoms with Crippen LogP contribution in [0.5, 0.6) is 0 Å². The maximum Gasteiger partial charge on any atom is 0.254 e. The lowest BCUT2D eigenvalue weighted by Gasteiger charge is -2.33. The predicted molar refractivity (Wildman–Crippen MR) is 78.1 cm³/mol. The first kappa shape index (κ1) is 14.8. The summed E-state index contributed by atoms with van der Waals surface area (Å²) in [5.41, 5.74) is 0.0360. The molecule has 0 aliphatic carbocycles. The minimum Gasteiger partial charge on any atom is -0.376 e. The van der Waals surface area contributed by atoms with Gasteiger partial charge in [0.05, 0.1) is 18.3 Å². The lowest BCUT2D eigenvalue weighted by atomic mass is 10.1. The lowest BCUT2D eigenvalue weighted by molar-refractivity contribution is -0.0390. The van der Waals surface area contributed by atoms with Crippen molar-refractivity contribution in [1.82, 2.24) is 10.2 Å². The van der Waals surface area contributed by atoms with Crippen molar-refractivity contribution >= 4 is 17.5 Å². The van der Waals surface area contributed by atoms with E-state index in [9.17, 15) is 9.18 Å². The van der Waals surface area contributed by atoms with Crippen molar-refractivity contribution in [1.29, 1.82) is 0 Å². The summed E-state index contributed by atoms with van der Waals surface area (Å²) in [6, 6.07) is 4.48. The van der Waals surface area contributed by atoms with Crippen LogP contribution >= 0.6 is 11.6 Å². The summed E-state index contributed by atoms with van der Waals surface area (Å²) in [5, 5.41) is 3.19. The van der Waals surface area contributed by atoms with E-state index >= 15 is 0 Å². The number of hydrogen-bond acceptors (Lipinski definition) is 3. The molecule has 2 heterocycles. The van der Waals surface area contributed by atoms with Crippen LogP contribution in [0.15, 0.2) is 18.2 Å². The third-order valence-corrected chi connectivity index (χ3v) is 4.34. The Morgan fingerprint density at radius 2 is 2.29 bits per heavy atom. The van der Waals surface area contributed by atoms with Gasteiger partial charge in [-0.25, -0.2) is 4.39 Å². The zero-order valence-electron chi connectivity index (χ0n) is 11.8. The van der Waals surface area contributed by atoms with Crippen LogP contribution in [0.2, 0.25) is 5.02 Å². The van der Waals surface area contributed by atoms with E-state index in [1.807, 2.05) is 6.92 Å². The molecule has 2 aliphatic heterocycles. The summed E-state index contributed by atoms with van der Waals surface area (Å²) in [6.45, 7) is 4.42. The number of hydrogen-bond donors (Lipinski definition) is 1. The van der Waals surface area contributed by atoms with Crippen LogP contribution in [-0.2, 0) is 4.74 Å². The Kier molecular flexibility index (Phi) is 4.15. The molecule has 3 atom stereocenters. The van der Waals surface area contributed by atoms with Crippen LogP contribution in [0, 0.1) is 5.82 Å². The Morgan fingerprint density at radius 3 is 3.05 bits per heavy atom. The number of carbonyl (C=O) groups is 1. The maximum atomic E-state index is 13.7. The Morgan fingerprint density at radius 1 is 1.48 bits per heavy atom. The number of benzene rings is 1. The highest BCUT2D eigenvalue weighted by Gasteiger charge is 2.36. The van der Waals surface area contributed by atoms with Gasteiger partial charge in [0.15, 0.2) is 0 Å². The third-order valence-electron chi connectivity index (χ3n) is 4.10. The van der Waals surface area contributed by atoms with Gasteiger partial charge in [-0.3, -0.25) is 9.69 Å². The molecule has 0 aromatic heterocycles. The Balaban J connectivity index is 1.63. The summed E-state index contributed by atoms with van der Waals surface area (Å²) < 4.78 is 19.4. The number of nitrogens with zero attached hydrogens (tertiary/aromatic N) is 1. The largest absolute Gasteiger partial charge is 0.376 e. The molecular weight excluding hydrogens is 295 g/mol. The van der Waals surface area contributed by atoms with Gasteiger partial charge in [0.1, 0.15) is 5.82 Å². The fourth-order valence-electron chi connectivity index (χ4n) is 3.08. The molecule has 21 heavy (non-hydrogen) atoms. The predicted octanol–water partition coefficient (Wildman–Crippen LogP) is 2.07. The van der Waals surface area contributed by atoms with Crippen LogP contribution in [-0.4, -0.2) is 48.7 Å². The second kappa shape index (κ2) is 5.91. The van der Waals surface area contributed by atoms with Gasteiger partial charge in [-0.2, -0.15) is 0 Å². The van der Waals surface area contributed by atoms with Crippen molar-refractivity contribution in [2.75, 3.05) is 19.7 Å². The van der Waals surface area contributed by atoms with Gasteiger partial charge >= 0.3 is 0 Å². The van der Waals surface area contributed by atoms with Crippen LogP contribution in [0.1, 0.15) is 23.7 Å². The molecule has 114 valence electrons. The van der Waals surface area contributed by atoms with E-state index in [2.05, 4.69) is 10.2 Å². The molecule has 0 bridgehead atoms. The number of morpholine rings is 1. The Bertz CT molecular complexity index is 554. The molecule has 2 fully saturated rings. The zero-order valence-corrected chi connectivity index (χ0v) is 12.6. The maximum absolute atomic E-state index is 13.7. The Hall–Kier alpha value is -1.17. The topological polar surface area (TPSA) is 41.6 Å². The highest BCUT2D eigenvalue weighted by atomic mass is 35.5. The molecule has 0 spiro atoms. The Labute approximate surface area is 128 Å². The van der Waals surface area contributed by atoms with Gasteiger partial charge < -0.3 is 10.1 Å². The summed E-state index contributed by atoms with van der Waals surface area (Å²) in [6.07, 6.45) is 1.07. The number of amides is 1. The van der Waals surface area contributed by atoms with Gasteiger partial charge in [0, 0.05) is 30.2 Å². The molecule has 0 saturated carbocycles. The summed E-state index contributed by atoms with van der Waals surface area (Å²) >= 11 is 5.70. The van der Waals surface area contributed by atoms with Crippen LogP contribution < -0.4 is 5.32 Å². The second-order valence-corrected chi connectivity index (χ2v) is 6.22. The van der Waals surface area contributed by atoms with Crippen molar-refractivity contribution in [3.05, 3.63) is 34.6 Å². The monoisotopic (exact) mass is 312 g/mol. The number of ether oxygens (including phenoxy) is 1. The molecule has 0 unspecified atom stereocenters. The average Bonchev–Trinajstić information content (AvgIpc) is 2.79. The van der Waals surface area contributed by atoms with Crippen molar-refractivity contribution in [3.63, 3.8) is 0 Å². The fraction of sp³-hybridized carbons (Fsp3) is 0.533. The van der Waals surface area contributed by atoms with Crippen LogP contribution in [0.3, 0.4) is 0 Å². The van der Waals surface area contributed by atoms with Crippen molar-refractivity contribution < 1.29 is 13.9 Å². The number of carbonyl (C=O) groups excluding carboxylic acids is 1. The van der Waals surface area contributed by atoms with Crippen molar-refractivity contribution in [2.45, 2.75) is 31.5 Å². The average molecular weight is 313 g/mol. The molecule has 1 aromatic carbocycles. The van der Waals surface area contributed by atoms with E-state index in [4.69, 9.17) is 16.3 Å². The van der Waals surface area contributed by atoms with E-state index in [-0.39, 0.29) is 28.6 Å². The molecule has 0 radical (unpaired) electrons. The summed E-state index contributed by atoms with van der Waals surface area (Å²) in [7, 11) is 0. The van der Waals surface area contributed by atoms with Crippen LogP contribution in [0.4, 0.5) is 4.39 Å². The van der Waals surface area contributed by atoms with E-state index in [1.54, 1.807) is 0 Å². The first-order chi connectivity index (χ1) is 10.0. The molecular formula is C15H18ClFN2O2. The SMILES string of the molecule is C[C@@H]1CN2C[C@H](NC(=O)c3ccc(Cl)cc3F)C[C@H]2CO1. The van der Waals surface area contributed by atoms with Gasteiger partial charge in [-0.15, -0.1) is 0 Å². The van der Waals surface area contributed by atoms with E-state index < -0.39 is 5.82 Å². The molecule has 2 aliphatic rings. The molecule has 4 nitrogen and oxygen atoms in total. The van der Waals surface area contributed by atoms with Crippen LogP contribution in [0.25, 0.3) is 0 Å². The molecule has 3 rings (SSSR count). The summed E-state index contributed by atoms with van der Waals surface area (Å²) in [5.74, 6) is -0.976. The first-order valence-electron chi connectivity index (χ1n) is 7.14. The summed E-state index contributed by atoms with van der Waals surface area (Å²) in [4.78, 5) is 14.5. The van der Waals surface area contributed by atoms with Gasteiger partial charge in [0.25, 0.3) is 5.91 Å². The van der Waals surface area contributed by atoms with Crippen molar-refractivity contribution in [3.8, 4) is 0 Å². The highest BCUT2D eigenvalue weighted by Crippen LogP contribution is 2.23. The van der Waals surface area contributed by atoms with Gasteiger partial charge in [0.2, 0.25) is 0 Å². The van der Waals surface area contributed by atoms with Gasteiger partial charge in [-0.05, 0) is 31.5 Å². The highest BCUT2D eigenvalue weighted by molar-refractivity contribution is 6.30. The zero-order chi connectivity index (χ0) is 15.0. The molecule has 1 N–H and O–H groups in total. The van der Waals surface area contributed by atoms with Gasteiger partial charge in [-0.1, -0.05) is 11.6 Å². The number of rotatable bonds is 2. The molecule has 1 amide bonds. The number of nitrogens with one attached hydrogen (secondary N) is 1. The fourth-order valence-corrected chi connectivity index (χ4v) is 3.24. The minimum atomic E-state index is -0.590. The quantitative estimate of drug-likeness (QED) is 0.909. The van der Waals surface area contributed by atoms with Crippen molar-refractivity contribution in [2.24, 2.45) is 0 Å². The smallest absolute Gasteiger partial charge is 0.254 e. The lowest BCUT2D eigenvalue weighted by Crippen LogP contribution is -2.45. The second-order valence-electron chi connectivity index (χ2n) is 5.78. The standard InChI is InChI=1S/C15H18ClFN2O2/c1-9-6-19-7-11(5-12(19)8-21-9)18-15(20)13-3-2-10(16)4-14(13)17/h2-4,9,11-12H,5-8H2,1H3,(H,18,20)/t9-,11-,12+/m1/s1. The third kappa shape index (κ3) is 3.20. The van der Waals surface area contributed by atoms with E-state index in [1.165, 1.54) is 12.1 Å². The number of fused-ring (bicyclic) bond motifs is 1. The normalized spacial score (nSPS) is 29.2. The first-order valence-corrected chi connectivity index (χ1v) is 7.52. The minimum absolute atomic E-state index is 0.0338.